The van der Waals surface area contributed by atoms with Crippen molar-refractivity contribution in [2.75, 3.05) is 31.2 Å². The molecule has 1 saturated heterocycles. The van der Waals surface area contributed by atoms with Crippen molar-refractivity contribution in [3.05, 3.63) is 54.1 Å². The molecule has 2 aromatic carbocycles. The van der Waals surface area contributed by atoms with Crippen molar-refractivity contribution in [2.24, 2.45) is 4.99 Å². The Bertz CT molecular complexity index is 1270. The monoisotopic (exact) mass is 632 g/mol. The number of halogens is 5. The van der Waals surface area contributed by atoms with E-state index in [2.05, 4.69) is 20.5 Å². The van der Waals surface area contributed by atoms with E-state index >= 15 is 0 Å². The maximum absolute atomic E-state index is 13.1. The highest BCUT2D eigenvalue weighted by molar-refractivity contribution is 5.84. The predicted octanol–water partition coefficient (Wildman–Crippen LogP) is 5.39. The van der Waals surface area contributed by atoms with Crippen LogP contribution in [-0.4, -0.2) is 76.2 Å². The summed E-state index contributed by atoms with van der Waals surface area (Å²) in [5, 5.41) is 4.10. The number of hydrazine groups is 1. The van der Waals surface area contributed by atoms with E-state index in [4.69, 9.17) is 23.7 Å². The fraction of sp³-hybridized carbons (Fsp3) is 0.500. The van der Waals surface area contributed by atoms with Gasteiger partial charge in [0.1, 0.15) is 36.6 Å². The molecule has 2 aliphatic rings. The second-order valence-corrected chi connectivity index (χ2v) is 9.87. The molecule has 0 spiro atoms. The second kappa shape index (κ2) is 14.0. The number of amides is 1. The van der Waals surface area contributed by atoms with Gasteiger partial charge in [-0.1, -0.05) is 19.1 Å². The van der Waals surface area contributed by atoms with E-state index in [9.17, 15) is 26.7 Å². The number of ether oxygens (including phenoxy) is 6. The van der Waals surface area contributed by atoms with E-state index in [-0.39, 0.29) is 0 Å². The van der Waals surface area contributed by atoms with Crippen molar-refractivity contribution in [2.45, 2.75) is 69.4 Å². The van der Waals surface area contributed by atoms with Crippen LogP contribution in [0.25, 0.3) is 0 Å². The molecule has 44 heavy (non-hydrogen) atoms. The van der Waals surface area contributed by atoms with Gasteiger partial charge >= 0.3 is 18.4 Å². The molecule has 2 aromatic rings. The van der Waals surface area contributed by atoms with E-state index in [1.54, 1.807) is 38.3 Å². The van der Waals surface area contributed by atoms with Crippen LogP contribution in [0, 0.1) is 0 Å². The number of rotatable bonds is 11. The van der Waals surface area contributed by atoms with Gasteiger partial charge in [-0.25, -0.2) is 9.79 Å². The van der Waals surface area contributed by atoms with Crippen LogP contribution in [0.1, 0.15) is 32.0 Å². The Labute approximate surface area is 250 Å². The normalized spacial score (nSPS) is 25.6. The highest BCUT2D eigenvalue weighted by Gasteiger charge is 2.61. The van der Waals surface area contributed by atoms with E-state index < -0.39 is 61.0 Å². The number of nitrogens with zero attached hydrogens (tertiary/aromatic N) is 2. The minimum absolute atomic E-state index is 0.410. The van der Waals surface area contributed by atoms with Crippen LogP contribution in [0.2, 0.25) is 0 Å². The van der Waals surface area contributed by atoms with Crippen molar-refractivity contribution in [1.29, 1.82) is 0 Å². The van der Waals surface area contributed by atoms with Crippen LogP contribution in [0.15, 0.2) is 53.5 Å². The Morgan fingerprint density at radius 1 is 1.00 bits per heavy atom. The highest BCUT2D eigenvalue weighted by atomic mass is 19.4. The zero-order valence-electron chi connectivity index (χ0n) is 24.2. The molecule has 0 aromatic heterocycles. The van der Waals surface area contributed by atoms with Crippen molar-refractivity contribution in [3.8, 4) is 5.75 Å². The molecule has 0 bridgehead atoms. The molecular weight excluding hydrogens is 599 g/mol. The zero-order chi connectivity index (χ0) is 32.1. The lowest BCUT2D eigenvalue weighted by molar-refractivity contribution is -0.360. The topological polar surface area (TPSA) is 112 Å². The Kier molecular flexibility index (Phi) is 10.6. The minimum atomic E-state index is -5.84. The van der Waals surface area contributed by atoms with Gasteiger partial charge < -0.3 is 28.4 Å². The molecule has 6 atom stereocenters. The summed E-state index contributed by atoms with van der Waals surface area (Å²) in [6.07, 6.45) is -13.4. The highest BCUT2D eigenvalue weighted by Crippen LogP contribution is 2.37. The third kappa shape index (κ3) is 7.74. The van der Waals surface area contributed by atoms with Crippen LogP contribution in [-0.2, 0) is 23.7 Å². The molecule has 2 aliphatic heterocycles. The summed E-state index contributed by atoms with van der Waals surface area (Å²) in [6, 6.07) is 11.2. The lowest BCUT2D eigenvalue weighted by Crippen LogP contribution is -2.60. The standard InChI is InChI=1S/C28H33F5N4O7/c1-5-14-41-22-21(39-3)16(2)42-25(23(22)40-4)43-26(38)35-18-8-6-17(7-9-18)24-34-15-37(36-24)19-10-12-20(13-11-19)44-28(32,33)27(29,30)31/h6-13,15-16,21-25,36H,5,14H2,1-4H3,(H,35,38)/t16-,21?,22?,23+,24?,25?/m0/s1. The first-order valence-electron chi connectivity index (χ1n) is 13.6. The summed E-state index contributed by atoms with van der Waals surface area (Å²) >= 11 is 0. The lowest BCUT2D eigenvalue weighted by atomic mass is 9.99. The third-order valence-corrected chi connectivity index (χ3v) is 6.77. The summed E-state index contributed by atoms with van der Waals surface area (Å²) in [7, 11) is 3.01. The van der Waals surface area contributed by atoms with E-state index in [1.165, 1.54) is 30.6 Å². The molecule has 2 heterocycles. The fourth-order valence-corrected chi connectivity index (χ4v) is 4.60. The molecule has 11 nitrogen and oxygen atoms in total. The predicted molar refractivity (Wildman–Crippen MR) is 147 cm³/mol. The fourth-order valence-electron chi connectivity index (χ4n) is 4.60. The van der Waals surface area contributed by atoms with Crippen LogP contribution < -0.4 is 20.5 Å². The van der Waals surface area contributed by atoms with Gasteiger partial charge in [0, 0.05) is 26.5 Å². The van der Waals surface area contributed by atoms with Gasteiger partial charge in [-0.05, 0) is 55.3 Å². The number of aliphatic imine (C=N–C) groups is 1. The SMILES string of the molecule is CCCOC1C(OC)[C@H](C)OC(OC(=O)Nc2ccc(C3N=CN(c4ccc(OC(F)(F)C(F)(F)F)cc4)N3)cc2)[C@@H]1OC. The van der Waals surface area contributed by atoms with Crippen LogP contribution in [0.3, 0.4) is 0 Å². The molecule has 16 heteroatoms. The quantitative estimate of drug-likeness (QED) is 0.315. The van der Waals surface area contributed by atoms with Crippen LogP contribution in [0.5, 0.6) is 5.75 Å². The molecule has 1 fully saturated rings. The maximum atomic E-state index is 13.1. The number of hydrogen-bond donors (Lipinski definition) is 2. The number of nitrogens with one attached hydrogen (secondary N) is 2. The third-order valence-electron chi connectivity index (χ3n) is 6.77. The van der Waals surface area contributed by atoms with Gasteiger partial charge in [-0.3, -0.25) is 10.3 Å². The first kappa shape index (κ1) is 33.3. The molecule has 1 amide bonds. The number of alkyl halides is 5. The van der Waals surface area contributed by atoms with Crippen LogP contribution >= 0.6 is 0 Å². The Morgan fingerprint density at radius 2 is 1.66 bits per heavy atom. The number of hydrogen-bond acceptors (Lipinski definition) is 10. The Balaban J connectivity index is 1.31. The molecule has 4 rings (SSSR count). The van der Waals surface area contributed by atoms with Crippen LogP contribution in [0.4, 0.5) is 38.1 Å². The number of carbonyl (C=O) groups excluding carboxylic acids is 1. The molecule has 2 N–H and O–H groups in total. The van der Waals surface area contributed by atoms with Crippen molar-refractivity contribution in [3.63, 3.8) is 0 Å². The molecule has 0 radical (unpaired) electrons. The lowest BCUT2D eigenvalue weighted by Gasteiger charge is -2.43. The van der Waals surface area contributed by atoms with Crippen molar-refractivity contribution >= 4 is 23.8 Å². The van der Waals surface area contributed by atoms with Crippen molar-refractivity contribution in [1.82, 2.24) is 5.43 Å². The average Bonchev–Trinajstić information content (AvgIpc) is 3.46. The second-order valence-electron chi connectivity index (χ2n) is 9.87. The summed E-state index contributed by atoms with van der Waals surface area (Å²) in [5.74, 6) is -0.656. The summed E-state index contributed by atoms with van der Waals surface area (Å²) in [6.45, 7) is 4.23. The number of anilines is 2. The van der Waals surface area contributed by atoms with E-state index in [1.807, 2.05) is 6.92 Å². The van der Waals surface area contributed by atoms with Gasteiger partial charge in [-0.2, -0.15) is 27.4 Å². The largest absolute Gasteiger partial charge is 0.499 e. The van der Waals surface area contributed by atoms with Gasteiger partial charge in [0.15, 0.2) is 0 Å². The Hall–Kier alpha value is -3.57. The average molecular weight is 633 g/mol. The van der Waals surface area contributed by atoms with Gasteiger partial charge in [-0.15, -0.1) is 0 Å². The Morgan fingerprint density at radius 3 is 2.25 bits per heavy atom. The maximum Gasteiger partial charge on any atom is 0.499 e. The first-order chi connectivity index (χ1) is 20.9. The minimum Gasteiger partial charge on any atom is -0.426 e. The molecule has 0 saturated carbocycles. The number of benzene rings is 2. The molecule has 4 unspecified atom stereocenters. The smallest absolute Gasteiger partial charge is 0.426 e. The number of methoxy groups -OCH3 is 2. The van der Waals surface area contributed by atoms with Gasteiger partial charge in [0.2, 0.25) is 6.29 Å². The summed E-state index contributed by atoms with van der Waals surface area (Å²) in [4.78, 5) is 17.1. The van der Waals surface area contributed by atoms with E-state index in [0.717, 1.165) is 18.6 Å². The zero-order valence-corrected chi connectivity index (χ0v) is 24.2. The number of carbonyl (C=O) groups is 1. The summed E-state index contributed by atoms with van der Waals surface area (Å²) < 4.78 is 95.7. The molecule has 0 aliphatic carbocycles. The van der Waals surface area contributed by atoms with E-state index in [0.29, 0.717) is 23.5 Å². The summed E-state index contributed by atoms with van der Waals surface area (Å²) in [5.41, 5.74) is 4.59. The molecular formula is C28H33F5N4O7. The van der Waals surface area contributed by atoms with Gasteiger partial charge in [0.05, 0.1) is 11.8 Å². The van der Waals surface area contributed by atoms with Crippen molar-refractivity contribution < 1.29 is 55.2 Å². The first-order valence-corrected chi connectivity index (χ1v) is 13.6. The molecule has 242 valence electrons. The van der Waals surface area contributed by atoms with Gasteiger partial charge in [0.25, 0.3) is 0 Å².